The van der Waals surface area contributed by atoms with Crippen LogP contribution in [0.25, 0.3) is 0 Å². The average Bonchev–Trinajstić information content (AvgIpc) is 2.32. The van der Waals surface area contributed by atoms with Crippen LogP contribution in [0.15, 0.2) is 30.3 Å². The summed E-state index contributed by atoms with van der Waals surface area (Å²) in [5.74, 6) is 0. The molecule has 0 radical (unpaired) electrons. The molecule has 1 aromatic carbocycles. The molecule has 82 valence electrons. The predicted octanol–water partition coefficient (Wildman–Crippen LogP) is 0.0136. The van der Waals surface area contributed by atoms with Gasteiger partial charge in [-0.3, -0.25) is 0 Å². The first-order valence-corrected chi connectivity index (χ1v) is 5.65. The largest absolute Gasteiger partial charge is 0.379 e. The van der Waals surface area contributed by atoms with Gasteiger partial charge in [-0.05, 0) is 12.1 Å². The Bertz CT molecular complexity index is 270. The molecular formula is C12H19N2O+. The molecule has 1 saturated heterocycles. The molecule has 0 atom stereocenters. The summed E-state index contributed by atoms with van der Waals surface area (Å²) in [5.41, 5.74) is 1.21. The van der Waals surface area contributed by atoms with Crippen LogP contribution >= 0.6 is 0 Å². The molecule has 2 N–H and O–H groups in total. The van der Waals surface area contributed by atoms with Gasteiger partial charge in [0.15, 0.2) is 0 Å². The van der Waals surface area contributed by atoms with E-state index in [0.29, 0.717) is 0 Å². The normalized spacial score (nSPS) is 17.6. The first-order chi connectivity index (χ1) is 7.45. The third-order valence-corrected chi connectivity index (χ3v) is 2.78. The Kier molecular flexibility index (Phi) is 4.00. The monoisotopic (exact) mass is 207 g/mol. The highest BCUT2D eigenvalue weighted by Gasteiger charge is 2.12. The smallest absolute Gasteiger partial charge is 0.101 e. The van der Waals surface area contributed by atoms with Crippen molar-refractivity contribution in [2.45, 2.75) is 0 Å². The second kappa shape index (κ2) is 5.73. The van der Waals surface area contributed by atoms with Gasteiger partial charge in [-0.2, -0.15) is 0 Å². The van der Waals surface area contributed by atoms with Crippen molar-refractivity contribution < 1.29 is 9.64 Å². The number of para-hydroxylation sites is 1. The van der Waals surface area contributed by atoms with Crippen molar-refractivity contribution in [3.63, 3.8) is 0 Å². The molecule has 1 fully saturated rings. The third kappa shape index (κ3) is 3.53. The Hall–Kier alpha value is -1.06. The van der Waals surface area contributed by atoms with Gasteiger partial charge in [0.2, 0.25) is 0 Å². The van der Waals surface area contributed by atoms with Crippen molar-refractivity contribution in [3.05, 3.63) is 30.3 Å². The van der Waals surface area contributed by atoms with Crippen molar-refractivity contribution in [1.29, 1.82) is 0 Å². The third-order valence-electron chi connectivity index (χ3n) is 2.78. The van der Waals surface area contributed by atoms with Gasteiger partial charge < -0.3 is 15.0 Å². The molecule has 1 aliphatic rings. The van der Waals surface area contributed by atoms with E-state index < -0.39 is 0 Å². The zero-order valence-corrected chi connectivity index (χ0v) is 9.04. The highest BCUT2D eigenvalue weighted by molar-refractivity contribution is 5.42. The molecule has 1 aliphatic heterocycles. The molecule has 0 saturated carbocycles. The summed E-state index contributed by atoms with van der Waals surface area (Å²) < 4.78 is 5.32. The second-order valence-electron chi connectivity index (χ2n) is 3.91. The van der Waals surface area contributed by atoms with Crippen molar-refractivity contribution in [2.24, 2.45) is 0 Å². The molecule has 0 aliphatic carbocycles. The lowest BCUT2D eigenvalue weighted by molar-refractivity contribution is -0.906. The first kappa shape index (κ1) is 10.5. The number of benzene rings is 1. The summed E-state index contributed by atoms with van der Waals surface area (Å²) in [5, 5.41) is 3.43. The van der Waals surface area contributed by atoms with E-state index in [9.17, 15) is 0 Å². The fourth-order valence-corrected chi connectivity index (χ4v) is 1.85. The van der Waals surface area contributed by atoms with Crippen LogP contribution in [0.2, 0.25) is 0 Å². The quantitative estimate of drug-likeness (QED) is 0.727. The fraction of sp³-hybridized carbons (Fsp3) is 0.500. The summed E-state index contributed by atoms with van der Waals surface area (Å²) in [6.07, 6.45) is 0. The van der Waals surface area contributed by atoms with Crippen LogP contribution in [-0.2, 0) is 4.74 Å². The Balaban J connectivity index is 1.66. The van der Waals surface area contributed by atoms with E-state index in [2.05, 4.69) is 29.6 Å². The zero-order valence-electron chi connectivity index (χ0n) is 9.04. The lowest BCUT2D eigenvalue weighted by Gasteiger charge is -2.23. The lowest BCUT2D eigenvalue weighted by atomic mass is 10.3. The molecule has 15 heavy (non-hydrogen) atoms. The Labute approximate surface area is 91.0 Å². The first-order valence-electron chi connectivity index (χ1n) is 5.65. The number of rotatable bonds is 4. The number of ether oxygens (including phenoxy) is 1. The summed E-state index contributed by atoms with van der Waals surface area (Å²) >= 11 is 0. The maximum atomic E-state index is 5.32. The molecule has 0 bridgehead atoms. The van der Waals surface area contributed by atoms with Crippen LogP contribution in [0.5, 0.6) is 0 Å². The number of hydrogen-bond acceptors (Lipinski definition) is 2. The maximum Gasteiger partial charge on any atom is 0.101 e. The summed E-state index contributed by atoms with van der Waals surface area (Å²) in [7, 11) is 0. The van der Waals surface area contributed by atoms with Crippen LogP contribution in [0.4, 0.5) is 5.69 Å². The van der Waals surface area contributed by atoms with E-state index in [-0.39, 0.29) is 0 Å². The fourth-order valence-electron chi connectivity index (χ4n) is 1.85. The molecule has 1 heterocycles. The van der Waals surface area contributed by atoms with E-state index in [0.717, 1.165) is 32.8 Å². The minimum atomic E-state index is 0.917. The number of quaternary nitrogens is 1. The molecule has 1 aromatic rings. The van der Waals surface area contributed by atoms with Crippen LogP contribution in [0.3, 0.4) is 0 Å². The number of morpholine rings is 1. The van der Waals surface area contributed by atoms with E-state index >= 15 is 0 Å². The van der Waals surface area contributed by atoms with E-state index in [1.807, 2.05) is 6.07 Å². The Morgan fingerprint density at radius 3 is 2.60 bits per heavy atom. The predicted molar refractivity (Wildman–Crippen MR) is 61.3 cm³/mol. The molecule has 0 unspecified atom stereocenters. The maximum absolute atomic E-state index is 5.32. The van der Waals surface area contributed by atoms with Crippen LogP contribution in [-0.4, -0.2) is 39.4 Å². The SMILES string of the molecule is c1ccc(NCC[NH+]2CCOCC2)cc1. The molecule has 2 rings (SSSR count). The van der Waals surface area contributed by atoms with Crippen molar-refractivity contribution in [1.82, 2.24) is 0 Å². The topological polar surface area (TPSA) is 25.7 Å². The summed E-state index contributed by atoms with van der Waals surface area (Å²) in [6.45, 7) is 6.35. The lowest BCUT2D eigenvalue weighted by Crippen LogP contribution is -3.14. The minimum absolute atomic E-state index is 0.917. The number of nitrogens with one attached hydrogen (secondary N) is 2. The van der Waals surface area contributed by atoms with Gasteiger partial charge in [-0.15, -0.1) is 0 Å². The summed E-state index contributed by atoms with van der Waals surface area (Å²) in [4.78, 5) is 1.64. The standard InChI is InChI=1S/C12H18N2O/c1-2-4-12(5-3-1)13-6-7-14-8-10-15-11-9-14/h1-5,13H,6-11H2/p+1. The Morgan fingerprint density at radius 1 is 1.13 bits per heavy atom. The van der Waals surface area contributed by atoms with Crippen molar-refractivity contribution in [3.8, 4) is 0 Å². The van der Waals surface area contributed by atoms with E-state index in [4.69, 9.17) is 4.74 Å². The number of anilines is 1. The Morgan fingerprint density at radius 2 is 1.87 bits per heavy atom. The van der Waals surface area contributed by atoms with Crippen molar-refractivity contribution in [2.75, 3.05) is 44.7 Å². The van der Waals surface area contributed by atoms with Crippen molar-refractivity contribution >= 4 is 5.69 Å². The number of hydrogen-bond donors (Lipinski definition) is 2. The molecular weight excluding hydrogens is 188 g/mol. The highest BCUT2D eigenvalue weighted by atomic mass is 16.5. The minimum Gasteiger partial charge on any atom is -0.379 e. The highest BCUT2D eigenvalue weighted by Crippen LogP contribution is 2.02. The molecule has 0 aromatic heterocycles. The molecule has 3 nitrogen and oxygen atoms in total. The van der Waals surface area contributed by atoms with Gasteiger partial charge in [0.05, 0.1) is 26.3 Å². The van der Waals surface area contributed by atoms with Crippen LogP contribution in [0, 0.1) is 0 Å². The zero-order chi connectivity index (χ0) is 10.3. The van der Waals surface area contributed by atoms with Gasteiger partial charge in [-0.1, -0.05) is 18.2 Å². The average molecular weight is 207 g/mol. The van der Waals surface area contributed by atoms with E-state index in [1.165, 1.54) is 12.2 Å². The molecule has 0 spiro atoms. The van der Waals surface area contributed by atoms with Crippen LogP contribution < -0.4 is 10.2 Å². The van der Waals surface area contributed by atoms with Gasteiger partial charge in [0.1, 0.15) is 13.1 Å². The van der Waals surface area contributed by atoms with Gasteiger partial charge >= 0.3 is 0 Å². The molecule has 3 heteroatoms. The van der Waals surface area contributed by atoms with Gasteiger partial charge in [0.25, 0.3) is 0 Å². The second-order valence-corrected chi connectivity index (χ2v) is 3.91. The molecule has 0 amide bonds. The van der Waals surface area contributed by atoms with Gasteiger partial charge in [-0.25, -0.2) is 0 Å². The van der Waals surface area contributed by atoms with Gasteiger partial charge in [0, 0.05) is 5.69 Å². The van der Waals surface area contributed by atoms with Crippen LogP contribution in [0.1, 0.15) is 0 Å². The van der Waals surface area contributed by atoms with E-state index in [1.54, 1.807) is 4.90 Å². The summed E-state index contributed by atoms with van der Waals surface area (Å²) in [6, 6.07) is 10.4.